The number of aliphatic hydroxyl groups excluding tert-OH is 1. The molecule has 1 atom stereocenters. The predicted molar refractivity (Wildman–Crippen MR) is 62.8 cm³/mol. The number of carbonyl (C=O) groups excluding carboxylic acids is 1. The van der Waals surface area contributed by atoms with E-state index in [2.05, 4.69) is 15.5 Å². The number of hydrogen-bond donors (Lipinski definition) is 2. The van der Waals surface area contributed by atoms with Gasteiger partial charge in [0.2, 0.25) is 0 Å². The highest BCUT2D eigenvalue weighted by Gasteiger charge is 2.15. The highest BCUT2D eigenvalue weighted by atomic mass is 16.5. The van der Waals surface area contributed by atoms with Crippen molar-refractivity contribution in [3.8, 4) is 0 Å². The molecule has 1 heterocycles. The number of hydrogen-bond acceptors (Lipinski definition) is 5. The Kier molecular flexibility index (Phi) is 3.69. The van der Waals surface area contributed by atoms with E-state index in [1.54, 1.807) is 19.1 Å². The summed E-state index contributed by atoms with van der Waals surface area (Å²) < 4.78 is 4.71. The summed E-state index contributed by atoms with van der Waals surface area (Å²) in [5.74, 6) is -0.206. The van der Waals surface area contributed by atoms with Crippen molar-refractivity contribution >= 4 is 5.91 Å². The molecule has 0 spiro atoms. The van der Waals surface area contributed by atoms with E-state index in [1.165, 1.54) is 0 Å². The molecule has 0 aliphatic heterocycles. The van der Waals surface area contributed by atoms with E-state index in [1.807, 2.05) is 18.2 Å². The molecule has 0 aliphatic carbocycles. The Bertz CT molecular complexity index is 524. The Morgan fingerprint density at radius 3 is 2.78 bits per heavy atom. The van der Waals surface area contributed by atoms with Crippen LogP contribution in [-0.2, 0) is 0 Å². The van der Waals surface area contributed by atoms with Crippen LogP contribution in [0, 0.1) is 6.92 Å². The molecule has 0 saturated heterocycles. The average molecular weight is 247 g/mol. The second kappa shape index (κ2) is 5.42. The molecule has 18 heavy (non-hydrogen) atoms. The van der Waals surface area contributed by atoms with Gasteiger partial charge in [-0.15, -0.1) is 0 Å². The molecule has 6 heteroatoms. The lowest BCUT2D eigenvalue weighted by Gasteiger charge is -2.10. The van der Waals surface area contributed by atoms with E-state index in [0.29, 0.717) is 5.82 Å². The summed E-state index contributed by atoms with van der Waals surface area (Å²) in [6, 6.07) is 9.07. The average Bonchev–Trinajstić information content (AvgIpc) is 2.83. The number of nitrogens with one attached hydrogen (secondary N) is 1. The molecular weight excluding hydrogens is 234 g/mol. The van der Waals surface area contributed by atoms with Crippen LogP contribution in [0.5, 0.6) is 0 Å². The molecule has 1 amide bonds. The first kappa shape index (κ1) is 12.3. The Morgan fingerprint density at radius 1 is 1.44 bits per heavy atom. The molecule has 2 rings (SSSR count). The summed E-state index contributed by atoms with van der Waals surface area (Å²) >= 11 is 0. The molecule has 2 N–H and O–H groups in total. The van der Waals surface area contributed by atoms with Crippen LogP contribution in [0.3, 0.4) is 0 Å². The first-order valence-electron chi connectivity index (χ1n) is 5.48. The lowest BCUT2D eigenvalue weighted by Crippen LogP contribution is -2.28. The van der Waals surface area contributed by atoms with Gasteiger partial charge in [0.05, 0.1) is 6.10 Å². The van der Waals surface area contributed by atoms with Gasteiger partial charge in [0.15, 0.2) is 5.82 Å². The third kappa shape index (κ3) is 2.92. The van der Waals surface area contributed by atoms with Crippen LogP contribution >= 0.6 is 0 Å². The minimum Gasteiger partial charge on any atom is -0.387 e. The molecule has 94 valence electrons. The summed E-state index contributed by atoms with van der Waals surface area (Å²) in [5, 5.41) is 15.9. The number of aryl methyl sites for hydroxylation is 1. The second-order valence-electron chi connectivity index (χ2n) is 3.78. The lowest BCUT2D eigenvalue weighted by molar-refractivity contribution is 0.0873. The van der Waals surface area contributed by atoms with E-state index in [9.17, 15) is 9.90 Å². The van der Waals surface area contributed by atoms with Gasteiger partial charge in [0.25, 0.3) is 0 Å². The van der Waals surface area contributed by atoms with Crippen molar-refractivity contribution in [2.75, 3.05) is 6.54 Å². The fourth-order valence-electron chi connectivity index (χ4n) is 1.45. The molecule has 1 aromatic carbocycles. The van der Waals surface area contributed by atoms with Crippen molar-refractivity contribution in [2.45, 2.75) is 13.0 Å². The Hall–Kier alpha value is -2.21. The largest absolute Gasteiger partial charge is 0.387 e. The second-order valence-corrected chi connectivity index (χ2v) is 3.78. The number of amides is 1. The smallest absolute Gasteiger partial charge is 0.315 e. The topological polar surface area (TPSA) is 88.2 Å². The molecule has 1 unspecified atom stereocenters. The van der Waals surface area contributed by atoms with E-state index >= 15 is 0 Å². The number of benzene rings is 1. The number of aliphatic hydroxyl groups is 1. The van der Waals surface area contributed by atoms with E-state index < -0.39 is 12.0 Å². The first-order valence-corrected chi connectivity index (χ1v) is 5.48. The Balaban J connectivity index is 1.90. The molecule has 0 aliphatic rings. The first-order chi connectivity index (χ1) is 8.66. The lowest BCUT2D eigenvalue weighted by atomic mass is 10.1. The fourth-order valence-corrected chi connectivity index (χ4v) is 1.45. The number of nitrogens with zero attached hydrogens (tertiary/aromatic N) is 2. The molecule has 0 radical (unpaired) electrons. The maximum atomic E-state index is 11.6. The maximum Gasteiger partial charge on any atom is 0.315 e. The van der Waals surface area contributed by atoms with Gasteiger partial charge in [0, 0.05) is 6.54 Å². The van der Waals surface area contributed by atoms with E-state index in [0.717, 1.165) is 5.56 Å². The van der Waals surface area contributed by atoms with Crippen LogP contribution in [0.25, 0.3) is 0 Å². The third-order valence-corrected chi connectivity index (χ3v) is 2.36. The normalized spacial score (nSPS) is 12.1. The van der Waals surface area contributed by atoms with Gasteiger partial charge in [-0.1, -0.05) is 35.5 Å². The van der Waals surface area contributed by atoms with Crippen molar-refractivity contribution in [3.05, 3.63) is 47.6 Å². The Labute approximate surface area is 104 Å². The summed E-state index contributed by atoms with van der Waals surface area (Å²) in [6.45, 7) is 1.71. The highest BCUT2D eigenvalue weighted by molar-refractivity contribution is 5.89. The van der Waals surface area contributed by atoms with Gasteiger partial charge in [-0.05, 0) is 12.5 Å². The molecule has 1 aromatic heterocycles. The van der Waals surface area contributed by atoms with Gasteiger partial charge >= 0.3 is 11.8 Å². The summed E-state index contributed by atoms with van der Waals surface area (Å²) in [6.07, 6.45) is -0.765. The summed E-state index contributed by atoms with van der Waals surface area (Å²) in [4.78, 5) is 15.4. The van der Waals surface area contributed by atoms with Crippen LogP contribution in [-0.4, -0.2) is 27.7 Å². The zero-order chi connectivity index (χ0) is 13.0. The quantitative estimate of drug-likeness (QED) is 0.835. The maximum absolute atomic E-state index is 11.6. The van der Waals surface area contributed by atoms with Gasteiger partial charge < -0.3 is 14.9 Å². The summed E-state index contributed by atoms with van der Waals surface area (Å²) in [5.41, 5.74) is 0.736. The number of aromatic nitrogens is 2. The zero-order valence-corrected chi connectivity index (χ0v) is 9.83. The SMILES string of the molecule is Cc1noc(C(=O)NCC(O)c2ccccc2)n1. The van der Waals surface area contributed by atoms with E-state index in [-0.39, 0.29) is 12.4 Å². The van der Waals surface area contributed by atoms with Gasteiger partial charge in [-0.3, -0.25) is 4.79 Å². The minimum atomic E-state index is -0.765. The van der Waals surface area contributed by atoms with Crippen LogP contribution in [0.2, 0.25) is 0 Å². The zero-order valence-electron chi connectivity index (χ0n) is 9.83. The fraction of sp³-hybridized carbons (Fsp3) is 0.250. The molecule has 0 fully saturated rings. The minimum absolute atomic E-state index is 0.0876. The van der Waals surface area contributed by atoms with Crippen molar-refractivity contribution < 1.29 is 14.4 Å². The van der Waals surface area contributed by atoms with E-state index in [4.69, 9.17) is 4.52 Å². The number of rotatable bonds is 4. The predicted octanol–water partition coefficient (Wildman–Crippen LogP) is 0.841. The molecule has 6 nitrogen and oxygen atoms in total. The molecule has 0 bridgehead atoms. The molecule has 0 saturated carbocycles. The Morgan fingerprint density at radius 2 is 2.17 bits per heavy atom. The van der Waals surface area contributed by atoms with Gasteiger partial charge in [-0.25, -0.2) is 0 Å². The van der Waals surface area contributed by atoms with Crippen molar-refractivity contribution in [1.82, 2.24) is 15.5 Å². The van der Waals surface area contributed by atoms with Crippen LogP contribution < -0.4 is 5.32 Å². The number of carbonyl (C=O) groups is 1. The molecular formula is C12H13N3O3. The van der Waals surface area contributed by atoms with Gasteiger partial charge in [-0.2, -0.15) is 4.98 Å². The van der Waals surface area contributed by atoms with Crippen LogP contribution in [0.15, 0.2) is 34.9 Å². The summed E-state index contributed by atoms with van der Waals surface area (Å²) in [7, 11) is 0. The third-order valence-electron chi connectivity index (χ3n) is 2.36. The van der Waals surface area contributed by atoms with Crippen molar-refractivity contribution in [2.24, 2.45) is 0 Å². The van der Waals surface area contributed by atoms with Gasteiger partial charge in [0.1, 0.15) is 0 Å². The van der Waals surface area contributed by atoms with Crippen molar-refractivity contribution in [3.63, 3.8) is 0 Å². The standard InChI is InChI=1S/C12H13N3O3/c1-8-14-12(18-15-8)11(17)13-7-10(16)9-5-3-2-4-6-9/h2-6,10,16H,7H2,1H3,(H,13,17). The van der Waals surface area contributed by atoms with Crippen molar-refractivity contribution in [1.29, 1.82) is 0 Å². The highest BCUT2D eigenvalue weighted by Crippen LogP contribution is 2.10. The van der Waals surface area contributed by atoms with Crippen LogP contribution in [0.1, 0.15) is 28.2 Å². The molecule has 2 aromatic rings. The monoisotopic (exact) mass is 247 g/mol. The van der Waals surface area contributed by atoms with Crippen LogP contribution in [0.4, 0.5) is 0 Å².